The van der Waals surface area contributed by atoms with E-state index in [1.807, 2.05) is 0 Å². The molecular weight excluding hydrogens is 542 g/mol. The predicted octanol–water partition coefficient (Wildman–Crippen LogP) is 4.79. The number of halogens is 4. The molecule has 1 N–H and O–H groups in total. The Morgan fingerprint density at radius 2 is 1.51 bits per heavy atom. The van der Waals surface area contributed by atoms with Crippen molar-refractivity contribution in [3.63, 3.8) is 0 Å². The normalized spacial score (nSPS) is 14.7. The van der Waals surface area contributed by atoms with Gasteiger partial charge in [0.1, 0.15) is 0 Å². The summed E-state index contributed by atoms with van der Waals surface area (Å²) in [6.07, 6.45) is 0. The lowest BCUT2D eigenvalue weighted by molar-refractivity contribution is -0.141. The fraction of sp³-hybridized carbons (Fsp3) is 0.261. The Morgan fingerprint density at radius 3 is 2.06 bits per heavy atom. The van der Waals surface area contributed by atoms with Crippen LogP contribution in [0.4, 0.5) is 0 Å². The predicted molar refractivity (Wildman–Crippen MR) is 132 cm³/mol. The molecule has 0 aliphatic carbocycles. The second-order valence-electron chi connectivity index (χ2n) is 7.10. The van der Waals surface area contributed by atoms with Gasteiger partial charge in [-0.15, -0.1) is 0 Å². The Balaban J connectivity index is 2.13. The molecule has 0 atom stereocenters. The van der Waals surface area contributed by atoms with Crippen LogP contribution in [0.2, 0.25) is 20.1 Å². The first kappa shape index (κ1) is 27.3. The molecule has 35 heavy (non-hydrogen) atoms. The van der Waals surface area contributed by atoms with Crippen LogP contribution in [0.3, 0.4) is 0 Å². The topological polar surface area (TPSA) is 94.2 Å². The number of amides is 1. The molecule has 3 rings (SSSR count). The van der Waals surface area contributed by atoms with E-state index in [2.05, 4.69) is 5.43 Å². The summed E-state index contributed by atoms with van der Waals surface area (Å²) in [7, 11) is 0. The van der Waals surface area contributed by atoms with Crippen molar-refractivity contribution in [2.45, 2.75) is 6.92 Å². The first-order valence-corrected chi connectivity index (χ1v) is 11.9. The zero-order valence-electron chi connectivity index (χ0n) is 18.4. The highest BCUT2D eigenvalue weighted by molar-refractivity contribution is 6.37. The molecule has 0 aromatic heterocycles. The van der Waals surface area contributed by atoms with Crippen LogP contribution in [0.5, 0.6) is 0 Å². The maximum atomic E-state index is 13.3. The lowest BCUT2D eigenvalue weighted by atomic mass is 10.1. The average molecular weight is 562 g/mol. The molecule has 0 spiro atoms. The van der Waals surface area contributed by atoms with Gasteiger partial charge in [0.05, 0.1) is 35.4 Å². The fourth-order valence-corrected chi connectivity index (χ4v) is 4.06. The quantitative estimate of drug-likeness (QED) is 0.171. The molecule has 1 heterocycles. The third-order valence-corrected chi connectivity index (χ3v) is 5.82. The molecule has 12 heteroatoms. The molecule has 0 bridgehead atoms. The van der Waals surface area contributed by atoms with Crippen molar-refractivity contribution < 1.29 is 28.6 Å². The number of nitrogens with one attached hydrogen (secondary N) is 1. The molecule has 1 aliphatic rings. The van der Waals surface area contributed by atoms with Gasteiger partial charge in [0, 0.05) is 28.7 Å². The smallest absolute Gasteiger partial charge is 0.347 e. The van der Waals surface area contributed by atoms with Gasteiger partial charge in [-0.1, -0.05) is 46.4 Å². The highest BCUT2D eigenvalue weighted by Crippen LogP contribution is 2.32. The van der Waals surface area contributed by atoms with Crippen LogP contribution >= 0.6 is 46.4 Å². The van der Waals surface area contributed by atoms with E-state index >= 15 is 0 Å². The second kappa shape index (κ2) is 12.6. The summed E-state index contributed by atoms with van der Waals surface area (Å²) >= 11 is 24.4. The molecule has 1 amide bonds. The highest BCUT2D eigenvalue weighted by atomic mass is 35.5. The molecule has 0 saturated carbocycles. The van der Waals surface area contributed by atoms with Gasteiger partial charge >= 0.3 is 11.9 Å². The molecule has 1 aliphatic heterocycles. The van der Waals surface area contributed by atoms with Gasteiger partial charge in [-0.2, -0.15) is 0 Å². The first-order chi connectivity index (χ1) is 16.7. The first-order valence-electron chi connectivity index (χ1n) is 10.4. The largest absolute Gasteiger partial charge is 0.462 e. The van der Waals surface area contributed by atoms with Gasteiger partial charge in [0.2, 0.25) is 0 Å². The van der Waals surface area contributed by atoms with Crippen LogP contribution < -0.4 is 5.43 Å². The third-order valence-electron chi connectivity index (χ3n) is 4.73. The zero-order chi connectivity index (χ0) is 25.5. The zero-order valence-corrected chi connectivity index (χ0v) is 21.4. The average Bonchev–Trinajstić information content (AvgIpc) is 2.79. The number of esters is 2. The number of rotatable bonds is 7. The molecule has 1 fully saturated rings. The van der Waals surface area contributed by atoms with Gasteiger partial charge in [0.25, 0.3) is 5.91 Å². The van der Waals surface area contributed by atoms with Crippen LogP contribution in [0, 0.1) is 0 Å². The summed E-state index contributed by atoms with van der Waals surface area (Å²) in [6.45, 7) is 3.09. The molecule has 0 unspecified atom stereocenters. The van der Waals surface area contributed by atoms with Crippen molar-refractivity contribution in [3.05, 3.63) is 73.2 Å². The van der Waals surface area contributed by atoms with E-state index in [9.17, 15) is 14.4 Å². The molecular formula is C23H20Cl4N2O6. The molecule has 2 aromatic carbocycles. The maximum absolute atomic E-state index is 13.3. The number of carbonyl (C=O) groups is 3. The van der Waals surface area contributed by atoms with Gasteiger partial charge in [0.15, 0.2) is 11.3 Å². The number of nitrogens with zero attached hydrogens (tertiary/aromatic N) is 1. The number of morpholine rings is 1. The minimum absolute atomic E-state index is 0.0134. The Kier molecular flexibility index (Phi) is 9.80. The van der Waals surface area contributed by atoms with Gasteiger partial charge in [-0.25, -0.2) is 14.6 Å². The number of ether oxygens (including phenoxy) is 3. The van der Waals surface area contributed by atoms with Crippen LogP contribution in [0.15, 0.2) is 42.0 Å². The van der Waals surface area contributed by atoms with E-state index in [1.165, 1.54) is 36.4 Å². The standard InChI is InChI=1S/C23H20Cl4N2O6/c1-2-34-23(32)19(21(30)28-29-7-9-33-10-8-29)20(15-5-3-13(24)11-17(15)26)35-22(31)16-6-4-14(25)12-18(16)27/h3-6,11-12H,2,7-10H2,1H3,(H,28,30). The number of hydrogen-bond acceptors (Lipinski definition) is 7. The number of benzene rings is 2. The van der Waals surface area contributed by atoms with Crippen molar-refractivity contribution in [1.29, 1.82) is 0 Å². The second-order valence-corrected chi connectivity index (χ2v) is 8.79. The van der Waals surface area contributed by atoms with Crippen molar-refractivity contribution in [2.24, 2.45) is 0 Å². The Labute approximate surface area is 221 Å². The monoisotopic (exact) mass is 560 g/mol. The number of hydrazine groups is 1. The molecule has 0 radical (unpaired) electrons. The van der Waals surface area contributed by atoms with Gasteiger partial charge < -0.3 is 14.2 Å². The molecule has 8 nitrogen and oxygen atoms in total. The summed E-state index contributed by atoms with van der Waals surface area (Å²) < 4.78 is 16.0. The number of hydrogen-bond donors (Lipinski definition) is 1. The SMILES string of the molecule is CCOC(=O)C(C(=O)NN1CCOCC1)=C(OC(=O)c1ccc(Cl)cc1Cl)c1ccc(Cl)cc1Cl. The van der Waals surface area contributed by atoms with E-state index < -0.39 is 29.2 Å². The lowest BCUT2D eigenvalue weighted by Gasteiger charge is -2.27. The van der Waals surface area contributed by atoms with Gasteiger partial charge in [-0.3, -0.25) is 10.2 Å². The fourth-order valence-electron chi connectivity index (χ4n) is 3.08. The minimum Gasteiger partial charge on any atom is -0.462 e. The summed E-state index contributed by atoms with van der Waals surface area (Å²) in [5.74, 6) is -3.25. The Hall–Kier alpha value is -2.33. The molecule has 1 saturated heterocycles. The Bertz CT molecular complexity index is 1160. The van der Waals surface area contributed by atoms with Crippen molar-refractivity contribution >= 4 is 70.0 Å². The minimum atomic E-state index is -1.02. The van der Waals surface area contributed by atoms with Crippen molar-refractivity contribution in [2.75, 3.05) is 32.9 Å². The maximum Gasteiger partial charge on any atom is 0.347 e. The molecule has 2 aromatic rings. The van der Waals surface area contributed by atoms with Crippen molar-refractivity contribution in [1.82, 2.24) is 10.4 Å². The van der Waals surface area contributed by atoms with Crippen LogP contribution in [0.25, 0.3) is 5.76 Å². The lowest BCUT2D eigenvalue weighted by Crippen LogP contribution is -2.49. The van der Waals surface area contributed by atoms with Crippen LogP contribution in [-0.4, -0.2) is 55.8 Å². The number of carbonyl (C=O) groups excluding carboxylic acids is 3. The van der Waals surface area contributed by atoms with E-state index in [-0.39, 0.29) is 27.8 Å². The van der Waals surface area contributed by atoms with Crippen LogP contribution in [0.1, 0.15) is 22.8 Å². The summed E-state index contributed by atoms with van der Waals surface area (Å²) in [4.78, 5) is 39.3. The van der Waals surface area contributed by atoms with Gasteiger partial charge in [-0.05, 0) is 43.3 Å². The van der Waals surface area contributed by atoms with Crippen LogP contribution in [-0.2, 0) is 23.8 Å². The van der Waals surface area contributed by atoms with E-state index in [1.54, 1.807) is 11.9 Å². The molecule has 186 valence electrons. The third kappa shape index (κ3) is 7.10. The summed E-state index contributed by atoms with van der Waals surface area (Å²) in [5.41, 5.74) is 2.07. The summed E-state index contributed by atoms with van der Waals surface area (Å²) in [5, 5.41) is 2.22. The highest BCUT2D eigenvalue weighted by Gasteiger charge is 2.32. The Morgan fingerprint density at radius 1 is 0.943 bits per heavy atom. The van der Waals surface area contributed by atoms with Crippen molar-refractivity contribution in [3.8, 4) is 0 Å². The van der Waals surface area contributed by atoms with E-state index in [0.717, 1.165) is 0 Å². The van der Waals surface area contributed by atoms with E-state index in [0.29, 0.717) is 36.3 Å². The summed E-state index contributed by atoms with van der Waals surface area (Å²) in [6, 6.07) is 8.42. The van der Waals surface area contributed by atoms with E-state index in [4.69, 9.17) is 60.6 Å².